The Balaban J connectivity index is 1.33. The number of benzene rings is 1. The summed E-state index contributed by atoms with van der Waals surface area (Å²) in [6.45, 7) is 3.18. The number of amides is 1. The predicted molar refractivity (Wildman–Crippen MR) is 97.4 cm³/mol. The molecule has 0 radical (unpaired) electrons. The molecule has 0 unspecified atom stereocenters. The van der Waals surface area contributed by atoms with E-state index in [-0.39, 0.29) is 11.5 Å². The van der Waals surface area contributed by atoms with Crippen LogP contribution >= 0.6 is 11.3 Å². The van der Waals surface area contributed by atoms with Crippen LogP contribution in [-0.4, -0.2) is 46.9 Å². The minimum Gasteiger partial charge on any atom is -0.463 e. The number of thiazole rings is 1. The third-order valence-corrected chi connectivity index (χ3v) is 5.34. The van der Waals surface area contributed by atoms with Crippen molar-refractivity contribution in [2.45, 2.75) is 6.54 Å². The molecule has 27 heavy (non-hydrogen) atoms. The molecule has 0 saturated carbocycles. The minimum absolute atomic E-state index is 0.172. The number of hydrogen-bond donors (Lipinski definition) is 0. The summed E-state index contributed by atoms with van der Waals surface area (Å²) >= 11 is 1.58. The van der Waals surface area contributed by atoms with Gasteiger partial charge in [0.05, 0.1) is 12.8 Å². The summed E-state index contributed by atoms with van der Waals surface area (Å²) in [4.78, 5) is 20.9. The lowest BCUT2D eigenvalue weighted by Crippen LogP contribution is -2.48. The van der Waals surface area contributed by atoms with Crippen LogP contribution in [0.3, 0.4) is 0 Å². The SMILES string of the molecule is O=C(c1ccc(F)c(F)c1)N1CCN(Cc2nc(-c3ccco3)cs2)CC1. The molecule has 3 aromatic rings. The molecule has 0 aliphatic carbocycles. The molecule has 140 valence electrons. The van der Waals surface area contributed by atoms with Gasteiger partial charge in [-0.05, 0) is 30.3 Å². The Bertz CT molecular complexity index is 934. The van der Waals surface area contributed by atoms with E-state index in [2.05, 4.69) is 9.88 Å². The van der Waals surface area contributed by atoms with E-state index in [1.807, 2.05) is 17.5 Å². The number of nitrogens with zero attached hydrogens (tertiary/aromatic N) is 3. The lowest BCUT2D eigenvalue weighted by Gasteiger charge is -2.34. The Morgan fingerprint density at radius 3 is 2.67 bits per heavy atom. The van der Waals surface area contributed by atoms with Gasteiger partial charge >= 0.3 is 0 Å². The van der Waals surface area contributed by atoms with Gasteiger partial charge in [-0.1, -0.05) is 0 Å². The normalized spacial score (nSPS) is 15.3. The number of carbonyl (C=O) groups is 1. The van der Waals surface area contributed by atoms with Crippen LogP contribution in [0.4, 0.5) is 8.78 Å². The van der Waals surface area contributed by atoms with E-state index in [4.69, 9.17) is 4.42 Å². The molecule has 4 rings (SSSR count). The number of carbonyl (C=O) groups excluding carboxylic acids is 1. The van der Waals surface area contributed by atoms with Gasteiger partial charge in [0.25, 0.3) is 5.91 Å². The molecule has 1 amide bonds. The summed E-state index contributed by atoms with van der Waals surface area (Å²) in [6.07, 6.45) is 1.62. The molecular weight excluding hydrogens is 372 g/mol. The molecule has 5 nitrogen and oxygen atoms in total. The van der Waals surface area contributed by atoms with Crippen molar-refractivity contribution in [2.75, 3.05) is 26.2 Å². The third kappa shape index (κ3) is 3.91. The first-order valence-electron chi connectivity index (χ1n) is 8.55. The molecule has 1 saturated heterocycles. The number of halogens is 2. The van der Waals surface area contributed by atoms with Gasteiger partial charge < -0.3 is 9.32 Å². The third-order valence-electron chi connectivity index (χ3n) is 4.51. The maximum Gasteiger partial charge on any atom is 0.254 e. The molecule has 0 atom stereocenters. The lowest BCUT2D eigenvalue weighted by atomic mass is 10.1. The van der Waals surface area contributed by atoms with E-state index in [9.17, 15) is 13.6 Å². The fourth-order valence-electron chi connectivity index (χ4n) is 3.03. The van der Waals surface area contributed by atoms with Crippen LogP contribution in [0.2, 0.25) is 0 Å². The highest BCUT2D eigenvalue weighted by Gasteiger charge is 2.23. The smallest absolute Gasteiger partial charge is 0.254 e. The van der Waals surface area contributed by atoms with Gasteiger partial charge in [0.15, 0.2) is 17.4 Å². The first-order chi connectivity index (χ1) is 13.1. The number of furan rings is 1. The van der Waals surface area contributed by atoms with Gasteiger partial charge in [-0.3, -0.25) is 9.69 Å². The molecular formula is C19H17F2N3O2S. The molecule has 1 aliphatic rings. The monoisotopic (exact) mass is 389 g/mol. The number of piperazine rings is 1. The van der Waals surface area contributed by atoms with Crippen molar-refractivity contribution >= 4 is 17.2 Å². The highest BCUT2D eigenvalue weighted by Crippen LogP contribution is 2.23. The number of aromatic nitrogens is 1. The molecule has 0 N–H and O–H groups in total. The first-order valence-corrected chi connectivity index (χ1v) is 9.43. The van der Waals surface area contributed by atoms with E-state index in [1.54, 1.807) is 22.5 Å². The Labute approximate surface area is 158 Å². The van der Waals surface area contributed by atoms with Crippen molar-refractivity contribution in [3.05, 3.63) is 64.2 Å². The van der Waals surface area contributed by atoms with Gasteiger partial charge in [-0.25, -0.2) is 13.8 Å². The Morgan fingerprint density at radius 1 is 1.15 bits per heavy atom. The zero-order valence-corrected chi connectivity index (χ0v) is 15.2. The van der Waals surface area contributed by atoms with E-state index in [0.717, 1.165) is 28.6 Å². The maximum absolute atomic E-state index is 13.3. The van der Waals surface area contributed by atoms with E-state index >= 15 is 0 Å². The standard InChI is InChI=1S/C19H17F2N3O2S/c20-14-4-3-13(10-15(14)21)19(25)24-7-5-23(6-8-24)11-18-22-16(12-27-18)17-2-1-9-26-17/h1-4,9-10,12H,5-8,11H2. The quantitative estimate of drug-likeness (QED) is 0.684. The van der Waals surface area contributed by atoms with Crippen LogP contribution in [-0.2, 0) is 6.54 Å². The molecule has 3 heterocycles. The van der Waals surface area contributed by atoms with Gasteiger partial charge in [0, 0.05) is 37.1 Å². The summed E-state index contributed by atoms with van der Waals surface area (Å²) in [6, 6.07) is 6.96. The van der Waals surface area contributed by atoms with E-state index < -0.39 is 11.6 Å². The largest absolute Gasteiger partial charge is 0.463 e. The topological polar surface area (TPSA) is 49.6 Å². The highest BCUT2D eigenvalue weighted by atomic mass is 32.1. The predicted octanol–water partition coefficient (Wildman–Crippen LogP) is 3.64. The maximum atomic E-state index is 13.3. The van der Waals surface area contributed by atoms with E-state index in [1.165, 1.54) is 6.07 Å². The van der Waals surface area contributed by atoms with E-state index in [0.29, 0.717) is 32.7 Å². The van der Waals surface area contributed by atoms with Gasteiger partial charge in [0.2, 0.25) is 0 Å². The average Bonchev–Trinajstić information content (AvgIpc) is 3.36. The minimum atomic E-state index is -1.00. The summed E-state index contributed by atoms with van der Waals surface area (Å²) < 4.78 is 31.7. The second-order valence-electron chi connectivity index (χ2n) is 6.30. The summed E-state index contributed by atoms with van der Waals surface area (Å²) in [5.41, 5.74) is 0.998. The number of hydrogen-bond acceptors (Lipinski definition) is 5. The van der Waals surface area contributed by atoms with Crippen LogP contribution in [0.5, 0.6) is 0 Å². The van der Waals surface area contributed by atoms with Gasteiger partial charge in [-0.15, -0.1) is 11.3 Å². The summed E-state index contributed by atoms with van der Waals surface area (Å²) in [5, 5.41) is 2.96. The summed E-state index contributed by atoms with van der Waals surface area (Å²) in [5.74, 6) is -1.48. The van der Waals surface area contributed by atoms with Crippen molar-refractivity contribution in [3.8, 4) is 11.5 Å². The lowest BCUT2D eigenvalue weighted by molar-refractivity contribution is 0.0628. The fraction of sp³-hybridized carbons (Fsp3) is 0.263. The van der Waals surface area contributed by atoms with Crippen LogP contribution in [0.1, 0.15) is 15.4 Å². The first kappa shape index (κ1) is 17.8. The Morgan fingerprint density at radius 2 is 1.96 bits per heavy atom. The van der Waals surface area contributed by atoms with Gasteiger partial charge in [0.1, 0.15) is 10.7 Å². The van der Waals surface area contributed by atoms with Crippen molar-refractivity contribution in [3.63, 3.8) is 0 Å². The second-order valence-corrected chi connectivity index (χ2v) is 7.24. The molecule has 1 aliphatic heterocycles. The molecule has 0 spiro atoms. The average molecular weight is 389 g/mol. The summed E-state index contributed by atoms with van der Waals surface area (Å²) in [7, 11) is 0. The van der Waals surface area contributed by atoms with Crippen LogP contribution in [0.15, 0.2) is 46.4 Å². The van der Waals surface area contributed by atoms with Crippen molar-refractivity contribution in [1.29, 1.82) is 0 Å². The second kappa shape index (κ2) is 7.58. The van der Waals surface area contributed by atoms with Crippen LogP contribution < -0.4 is 0 Å². The zero-order chi connectivity index (χ0) is 18.8. The molecule has 0 bridgehead atoms. The fourth-order valence-corrected chi connectivity index (χ4v) is 3.86. The van der Waals surface area contributed by atoms with Crippen LogP contribution in [0.25, 0.3) is 11.5 Å². The highest BCUT2D eigenvalue weighted by molar-refractivity contribution is 7.09. The number of rotatable bonds is 4. The molecule has 8 heteroatoms. The van der Waals surface area contributed by atoms with Crippen molar-refractivity contribution < 1.29 is 18.0 Å². The molecule has 2 aromatic heterocycles. The molecule has 1 aromatic carbocycles. The Hall–Kier alpha value is -2.58. The van der Waals surface area contributed by atoms with Crippen molar-refractivity contribution in [2.24, 2.45) is 0 Å². The molecule has 1 fully saturated rings. The zero-order valence-electron chi connectivity index (χ0n) is 14.4. The van der Waals surface area contributed by atoms with Gasteiger partial charge in [-0.2, -0.15) is 0 Å². The van der Waals surface area contributed by atoms with Crippen LogP contribution in [0, 0.1) is 11.6 Å². The Kier molecular flexibility index (Phi) is 5.00. The van der Waals surface area contributed by atoms with Crippen molar-refractivity contribution in [1.82, 2.24) is 14.8 Å².